The lowest BCUT2D eigenvalue weighted by Crippen LogP contribution is -2.43. The molecule has 1 aromatic carbocycles. The highest BCUT2D eigenvalue weighted by atomic mass is 16.5. The molecule has 0 saturated carbocycles. The highest BCUT2D eigenvalue weighted by molar-refractivity contribution is 5.79. The van der Waals surface area contributed by atoms with Crippen molar-refractivity contribution in [3.8, 4) is 5.75 Å². The van der Waals surface area contributed by atoms with Crippen LogP contribution in [0.3, 0.4) is 0 Å². The van der Waals surface area contributed by atoms with Crippen LogP contribution in [0, 0.1) is 5.92 Å². The molecule has 1 amide bonds. The first-order valence-corrected chi connectivity index (χ1v) is 8.19. The number of nitrogens with one attached hydrogen (secondary N) is 1. The summed E-state index contributed by atoms with van der Waals surface area (Å²) < 4.78 is 5.32. The number of ether oxygens (including phenoxy) is 1. The topological polar surface area (TPSA) is 67.3 Å². The molecule has 1 saturated heterocycles. The number of benzene rings is 1. The number of hydrogen-bond donors (Lipinski definition) is 1. The van der Waals surface area contributed by atoms with Gasteiger partial charge in [0, 0.05) is 37.6 Å². The molecule has 0 spiro atoms. The summed E-state index contributed by atoms with van der Waals surface area (Å²) in [7, 11) is 1.64. The van der Waals surface area contributed by atoms with E-state index in [1.807, 2.05) is 24.3 Å². The highest BCUT2D eigenvalue weighted by Crippen LogP contribution is 2.21. The molecule has 1 atom stereocenters. The van der Waals surface area contributed by atoms with Crippen molar-refractivity contribution in [2.24, 2.45) is 5.92 Å². The van der Waals surface area contributed by atoms with Crippen molar-refractivity contribution in [3.63, 3.8) is 0 Å². The van der Waals surface area contributed by atoms with E-state index in [-0.39, 0.29) is 11.8 Å². The van der Waals surface area contributed by atoms with E-state index >= 15 is 0 Å². The van der Waals surface area contributed by atoms with E-state index in [0.29, 0.717) is 19.0 Å². The third-order valence-electron chi connectivity index (χ3n) is 4.27. The molecule has 1 aromatic heterocycles. The number of para-hydroxylation sites is 1. The summed E-state index contributed by atoms with van der Waals surface area (Å²) in [4.78, 5) is 23.2. The lowest BCUT2D eigenvalue weighted by atomic mass is 9.97. The first kappa shape index (κ1) is 16.2. The Bertz CT molecular complexity index is 678. The molecule has 0 radical (unpaired) electrons. The van der Waals surface area contributed by atoms with Crippen LogP contribution in [0.5, 0.6) is 5.75 Å². The quantitative estimate of drug-likeness (QED) is 0.910. The van der Waals surface area contributed by atoms with Crippen LogP contribution in [0.2, 0.25) is 0 Å². The molecule has 0 aliphatic carbocycles. The van der Waals surface area contributed by atoms with Crippen molar-refractivity contribution in [3.05, 3.63) is 48.3 Å². The molecular formula is C18H22N4O2. The number of anilines is 1. The lowest BCUT2D eigenvalue weighted by Gasteiger charge is -2.31. The predicted octanol–water partition coefficient (Wildman–Crippen LogP) is 2.02. The molecule has 1 fully saturated rings. The number of nitrogens with zero attached hydrogens (tertiary/aromatic N) is 3. The van der Waals surface area contributed by atoms with E-state index in [1.54, 1.807) is 25.6 Å². The number of carbonyl (C=O) groups is 1. The van der Waals surface area contributed by atoms with Crippen LogP contribution in [0.25, 0.3) is 0 Å². The number of aromatic nitrogens is 2. The SMILES string of the molecule is COc1ccccc1CNC(=O)C1CCCN(c2ncccn2)C1. The summed E-state index contributed by atoms with van der Waals surface area (Å²) in [5, 5.41) is 3.03. The van der Waals surface area contributed by atoms with Gasteiger partial charge in [0.1, 0.15) is 5.75 Å². The number of hydrogen-bond acceptors (Lipinski definition) is 5. The van der Waals surface area contributed by atoms with E-state index in [9.17, 15) is 4.79 Å². The second-order valence-corrected chi connectivity index (χ2v) is 5.86. The van der Waals surface area contributed by atoms with Crippen LogP contribution in [0.15, 0.2) is 42.7 Å². The van der Waals surface area contributed by atoms with Crippen molar-refractivity contribution < 1.29 is 9.53 Å². The molecule has 24 heavy (non-hydrogen) atoms. The molecule has 1 unspecified atom stereocenters. The molecule has 6 heteroatoms. The van der Waals surface area contributed by atoms with E-state index in [0.717, 1.165) is 30.7 Å². The summed E-state index contributed by atoms with van der Waals surface area (Å²) in [6.45, 7) is 2.02. The van der Waals surface area contributed by atoms with Crippen molar-refractivity contribution in [2.75, 3.05) is 25.1 Å². The van der Waals surface area contributed by atoms with Crippen LogP contribution in [-0.4, -0.2) is 36.1 Å². The largest absolute Gasteiger partial charge is 0.496 e. The smallest absolute Gasteiger partial charge is 0.225 e. The molecule has 1 N–H and O–H groups in total. The maximum atomic E-state index is 12.5. The second-order valence-electron chi connectivity index (χ2n) is 5.86. The minimum absolute atomic E-state index is 0.0442. The number of carbonyl (C=O) groups excluding carboxylic acids is 1. The molecule has 2 heterocycles. The van der Waals surface area contributed by atoms with Crippen LogP contribution >= 0.6 is 0 Å². The van der Waals surface area contributed by atoms with Crippen molar-refractivity contribution in [1.82, 2.24) is 15.3 Å². The van der Waals surface area contributed by atoms with Gasteiger partial charge in [0.2, 0.25) is 11.9 Å². The summed E-state index contributed by atoms with van der Waals surface area (Å²) in [5.74, 6) is 1.51. The Morgan fingerprint density at radius 1 is 1.29 bits per heavy atom. The average Bonchev–Trinajstić information content (AvgIpc) is 2.67. The molecule has 126 valence electrons. The van der Waals surface area contributed by atoms with Gasteiger partial charge in [0.05, 0.1) is 13.0 Å². The van der Waals surface area contributed by atoms with Gasteiger partial charge in [-0.3, -0.25) is 4.79 Å². The van der Waals surface area contributed by atoms with E-state index < -0.39 is 0 Å². The second kappa shape index (κ2) is 7.77. The zero-order valence-electron chi connectivity index (χ0n) is 13.8. The molecule has 6 nitrogen and oxygen atoms in total. The Kier molecular flexibility index (Phi) is 5.25. The standard InChI is InChI=1S/C18H22N4O2/c1-24-16-8-3-2-6-14(16)12-21-17(23)15-7-4-11-22(13-15)18-19-9-5-10-20-18/h2-3,5-6,8-10,15H,4,7,11-13H2,1H3,(H,21,23). The molecular weight excluding hydrogens is 304 g/mol. The zero-order chi connectivity index (χ0) is 16.8. The summed E-state index contributed by atoms with van der Waals surface area (Å²) in [5.41, 5.74) is 0.979. The average molecular weight is 326 g/mol. The number of rotatable bonds is 5. The highest BCUT2D eigenvalue weighted by Gasteiger charge is 2.26. The maximum Gasteiger partial charge on any atom is 0.225 e. The Balaban J connectivity index is 1.58. The maximum absolute atomic E-state index is 12.5. The Morgan fingerprint density at radius 2 is 2.08 bits per heavy atom. The van der Waals surface area contributed by atoms with Crippen molar-refractivity contribution in [1.29, 1.82) is 0 Å². The predicted molar refractivity (Wildman–Crippen MR) is 91.8 cm³/mol. The molecule has 0 bridgehead atoms. The van der Waals surface area contributed by atoms with E-state index in [4.69, 9.17) is 4.74 Å². The Morgan fingerprint density at radius 3 is 2.88 bits per heavy atom. The van der Waals surface area contributed by atoms with Crippen LogP contribution < -0.4 is 15.0 Å². The fourth-order valence-corrected chi connectivity index (χ4v) is 3.00. The number of piperidine rings is 1. The van der Waals surface area contributed by atoms with Crippen LogP contribution in [0.1, 0.15) is 18.4 Å². The fraction of sp³-hybridized carbons (Fsp3) is 0.389. The fourth-order valence-electron chi connectivity index (χ4n) is 3.00. The minimum Gasteiger partial charge on any atom is -0.496 e. The van der Waals surface area contributed by atoms with Gasteiger partial charge >= 0.3 is 0 Å². The van der Waals surface area contributed by atoms with Crippen molar-refractivity contribution >= 4 is 11.9 Å². The minimum atomic E-state index is -0.0442. The molecule has 1 aliphatic rings. The van der Waals surface area contributed by atoms with Gasteiger partial charge < -0.3 is 15.0 Å². The van der Waals surface area contributed by atoms with Gasteiger partial charge in [-0.2, -0.15) is 0 Å². The van der Waals surface area contributed by atoms with Gasteiger partial charge in [-0.25, -0.2) is 9.97 Å². The van der Waals surface area contributed by atoms with Gasteiger partial charge in [-0.05, 0) is 25.0 Å². The van der Waals surface area contributed by atoms with Gasteiger partial charge in [0.15, 0.2) is 0 Å². The van der Waals surface area contributed by atoms with Crippen LogP contribution in [-0.2, 0) is 11.3 Å². The van der Waals surface area contributed by atoms with E-state index in [1.165, 1.54) is 0 Å². The third kappa shape index (κ3) is 3.82. The van der Waals surface area contributed by atoms with E-state index in [2.05, 4.69) is 20.2 Å². The lowest BCUT2D eigenvalue weighted by molar-refractivity contribution is -0.125. The van der Waals surface area contributed by atoms with Gasteiger partial charge in [-0.15, -0.1) is 0 Å². The van der Waals surface area contributed by atoms with Crippen molar-refractivity contribution in [2.45, 2.75) is 19.4 Å². The summed E-state index contributed by atoms with van der Waals surface area (Å²) in [6.07, 6.45) is 5.31. The monoisotopic (exact) mass is 326 g/mol. The first-order valence-electron chi connectivity index (χ1n) is 8.19. The van der Waals surface area contributed by atoms with Crippen LogP contribution in [0.4, 0.5) is 5.95 Å². The van der Waals surface area contributed by atoms with Gasteiger partial charge in [0.25, 0.3) is 0 Å². The first-order chi connectivity index (χ1) is 11.8. The normalized spacial score (nSPS) is 17.4. The summed E-state index contributed by atoms with van der Waals surface area (Å²) in [6, 6.07) is 9.52. The number of methoxy groups -OCH3 is 1. The summed E-state index contributed by atoms with van der Waals surface area (Å²) >= 11 is 0. The Hall–Kier alpha value is -2.63. The third-order valence-corrected chi connectivity index (χ3v) is 4.27. The van der Waals surface area contributed by atoms with Gasteiger partial charge in [-0.1, -0.05) is 18.2 Å². The number of amides is 1. The zero-order valence-corrected chi connectivity index (χ0v) is 13.8. The Labute approximate surface area is 141 Å². The molecule has 3 rings (SSSR count). The molecule has 1 aliphatic heterocycles. The molecule has 2 aromatic rings.